The molecule has 0 aliphatic rings. The second kappa shape index (κ2) is 5.75. The van der Waals surface area contributed by atoms with Gasteiger partial charge < -0.3 is 5.32 Å². The van der Waals surface area contributed by atoms with Crippen LogP contribution in [-0.4, -0.2) is 16.4 Å². The van der Waals surface area contributed by atoms with Gasteiger partial charge >= 0.3 is 0 Å². The monoisotopic (exact) mass is 238 g/mol. The van der Waals surface area contributed by atoms with Crippen LogP contribution in [0.4, 0.5) is 4.39 Å². The Labute approximate surface area is 101 Å². The van der Waals surface area contributed by atoms with Gasteiger partial charge in [-0.3, -0.25) is 4.79 Å². The first-order chi connectivity index (χ1) is 8.08. The predicted molar refractivity (Wildman–Crippen MR) is 65.3 cm³/mol. The van der Waals surface area contributed by atoms with E-state index in [2.05, 4.69) is 10.3 Å². The average molecular weight is 238 g/mol. The number of nitrogens with zero attached hydrogens (tertiary/aromatic N) is 1. The van der Waals surface area contributed by atoms with E-state index in [1.807, 2.05) is 20.8 Å². The van der Waals surface area contributed by atoms with Crippen molar-refractivity contribution < 1.29 is 9.18 Å². The number of nitrogens with one attached hydrogen (secondary N) is 1. The number of halogens is 1. The van der Waals surface area contributed by atoms with Crippen LogP contribution in [0, 0.1) is 5.95 Å². The number of carbonyl (C=O) groups excluding carboxylic acids is 1. The molecule has 1 aromatic rings. The van der Waals surface area contributed by atoms with Crippen molar-refractivity contribution in [2.45, 2.75) is 45.6 Å². The predicted octanol–water partition coefficient (Wildman–Crippen LogP) is 2.92. The lowest BCUT2D eigenvalue weighted by Crippen LogP contribution is -2.47. The molecule has 1 aromatic heterocycles. The number of carbonyl (C=O) groups is 1. The fourth-order valence-corrected chi connectivity index (χ4v) is 1.88. The highest BCUT2D eigenvalue weighted by atomic mass is 19.1. The molecule has 0 aliphatic heterocycles. The highest BCUT2D eigenvalue weighted by Crippen LogP contribution is 2.20. The maximum absolute atomic E-state index is 13.4. The average Bonchev–Trinajstić information content (AvgIpc) is 2.36. The van der Waals surface area contributed by atoms with Gasteiger partial charge in [-0.1, -0.05) is 20.8 Å². The normalized spacial score (nSPS) is 11.3. The molecule has 0 unspecified atom stereocenters. The Morgan fingerprint density at radius 3 is 2.41 bits per heavy atom. The van der Waals surface area contributed by atoms with E-state index in [4.69, 9.17) is 0 Å². The van der Waals surface area contributed by atoms with Crippen LogP contribution in [0.1, 0.15) is 50.4 Å². The van der Waals surface area contributed by atoms with Crippen molar-refractivity contribution in [1.82, 2.24) is 10.3 Å². The second-order valence-electron chi connectivity index (χ2n) is 4.14. The van der Waals surface area contributed by atoms with E-state index in [-0.39, 0.29) is 17.0 Å². The number of hydrogen-bond donors (Lipinski definition) is 1. The number of amides is 1. The van der Waals surface area contributed by atoms with Gasteiger partial charge in [0.2, 0.25) is 5.95 Å². The minimum absolute atomic E-state index is 0.00669. The Morgan fingerprint density at radius 1 is 1.35 bits per heavy atom. The van der Waals surface area contributed by atoms with Gasteiger partial charge in [0.1, 0.15) is 0 Å². The zero-order valence-electron chi connectivity index (χ0n) is 10.6. The number of rotatable bonds is 5. The summed E-state index contributed by atoms with van der Waals surface area (Å²) in [5.41, 5.74) is -0.244. The van der Waals surface area contributed by atoms with Crippen LogP contribution >= 0.6 is 0 Å². The van der Waals surface area contributed by atoms with E-state index in [1.54, 1.807) is 6.07 Å². The van der Waals surface area contributed by atoms with Crippen LogP contribution in [0.3, 0.4) is 0 Å². The van der Waals surface area contributed by atoms with Crippen molar-refractivity contribution >= 4 is 5.91 Å². The van der Waals surface area contributed by atoms with Gasteiger partial charge in [0.15, 0.2) is 0 Å². The van der Waals surface area contributed by atoms with Crippen molar-refractivity contribution in [3.8, 4) is 0 Å². The van der Waals surface area contributed by atoms with Crippen molar-refractivity contribution in [3.05, 3.63) is 29.8 Å². The third kappa shape index (κ3) is 3.02. The van der Waals surface area contributed by atoms with Crippen LogP contribution in [0.25, 0.3) is 0 Å². The number of aromatic nitrogens is 1. The summed E-state index contributed by atoms with van der Waals surface area (Å²) in [5, 5.41) is 2.92. The molecular weight excluding hydrogens is 219 g/mol. The molecule has 0 radical (unpaired) electrons. The van der Waals surface area contributed by atoms with Crippen molar-refractivity contribution in [1.29, 1.82) is 0 Å². The molecule has 1 N–H and O–H groups in total. The first-order valence-corrected chi connectivity index (χ1v) is 6.01. The van der Waals surface area contributed by atoms with Crippen LogP contribution in [0.2, 0.25) is 0 Å². The zero-order valence-corrected chi connectivity index (χ0v) is 10.6. The lowest BCUT2D eigenvalue weighted by Gasteiger charge is -2.31. The topological polar surface area (TPSA) is 42.0 Å². The Hall–Kier alpha value is -1.45. The molecule has 1 heterocycles. The van der Waals surface area contributed by atoms with Crippen molar-refractivity contribution in [2.24, 2.45) is 0 Å². The van der Waals surface area contributed by atoms with Gasteiger partial charge in [0, 0.05) is 11.7 Å². The number of hydrogen-bond acceptors (Lipinski definition) is 2. The molecule has 3 nitrogen and oxygen atoms in total. The second-order valence-corrected chi connectivity index (χ2v) is 4.14. The molecule has 0 aliphatic carbocycles. The van der Waals surface area contributed by atoms with E-state index < -0.39 is 5.95 Å². The fraction of sp³-hybridized carbons (Fsp3) is 0.538. The highest BCUT2D eigenvalue weighted by Gasteiger charge is 2.27. The molecule has 0 atom stereocenters. The molecule has 0 spiro atoms. The van der Waals surface area contributed by atoms with E-state index in [0.717, 1.165) is 19.3 Å². The molecule has 1 rings (SSSR count). The Balaban J connectivity index is 2.89. The summed E-state index contributed by atoms with van der Waals surface area (Å²) >= 11 is 0. The third-order valence-electron chi connectivity index (χ3n) is 3.41. The molecular formula is C13H19FN2O. The zero-order chi connectivity index (χ0) is 12.9. The summed E-state index contributed by atoms with van der Waals surface area (Å²) in [6.07, 6.45) is 3.81. The molecule has 0 fully saturated rings. The Morgan fingerprint density at radius 2 is 1.94 bits per heavy atom. The van der Waals surface area contributed by atoms with E-state index >= 15 is 0 Å². The first kappa shape index (κ1) is 13.6. The first-order valence-electron chi connectivity index (χ1n) is 6.01. The molecule has 94 valence electrons. The van der Waals surface area contributed by atoms with Gasteiger partial charge in [-0.2, -0.15) is 4.39 Å². The Bertz CT molecular complexity index is 380. The van der Waals surface area contributed by atoms with Gasteiger partial charge in [0.25, 0.3) is 5.91 Å². The summed E-state index contributed by atoms with van der Waals surface area (Å²) < 4.78 is 13.4. The molecule has 0 bridgehead atoms. The molecule has 17 heavy (non-hydrogen) atoms. The fourth-order valence-electron chi connectivity index (χ4n) is 1.88. The Kier molecular flexibility index (Phi) is 4.61. The van der Waals surface area contributed by atoms with E-state index in [0.29, 0.717) is 0 Å². The van der Waals surface area contributed by atoms with Gasteiger partial charge in [0.05, 0.1) is 5.56 Å². The van der Waals surface area contributed by atoms with Gasteiger partial charge in [-0.05, 0) is 31.4 Å². The van der Waals surface area contributed by atoms with Crippen molar-refractivity contribution in [3.63, 3.8) is 0 Å². The molecule has 0 aromatic carbocycles. The molecule has 4 heteroatoms. The van der Waals surface area contributed by atoms with E-state index in [9.17, 15) is 9.18 Å². The third-order valence-corrected chi connectivity index (χ3v) is 3.41. The van der Waals surface area contributed by atoms with Crippen molar-refractivity contribution in [2.75, 3.05) is 0 Å². The minimum Gasteiger partial charge on any atom is -0.346 e. The van der Waals surface area contributed by atoms with Crippen LogP contribution < -0.4 is 5.32 Å². The van der Waals surface area contributed by atoms with Gasteiger partial charge in [-0.25, -0.2) is 4.98 Å². The summed E-state index contributed by atoms with van der Waals surface area (Å²) in [6.45, 7) is 6.06. The molecule has 0 saturated heterocycles. The van der Waals surface area contributed by atoms with Crippen LogP contribution in [-0.2, 0) is 0 Å². The molecule has 1 amide bonds. The van der Waals surface area contributed by atoms with E-state index in [1.165, 1.54) is 12.3 Å². The smallest absolute Gasteiger partial charge is 0.256 e. The lowest BCUT2D eigenvalue weighted by molar-refractivity contribution is 0.0883. The maximum atomic E-state index is 13.4. The number of pyridine rings is 1. The summed E-state index contributed by atoms with van der Waals surface area (Å²) in [5.74, 6) is -1.11. The summed E-state index contributed by atoms with van der Waals surface area (Å²) in [7, 11) is 0. The maximum Gasteiger partial charge on any atom is 0.256 e. The van der Waals surface area contributed by atoms with Crippen LogP contribution in [0.5, 0.6) is 0 Å². The lowest BCUT2D eigenvalue weighted by atomic mass is 9.89. The quantitative estimate of drug-likeness (QED) is 0.801. The highest BCUT2D eigenvalue weighted by molar-refractivity contribution is 5.94. The summed E-state index contributed by atoms with van der Waals surface area (Å²) in [6, 6.07) is 3.01. The van der Waals surface area contributed by atoms with Gasteiger partial charge in [-0.15, -0.1) is 0 Å². The largest absolute Gasteiger partial charge is 0.346 e. The minimum atomic E-state index is -0.720. The molecule has 0 saturated carbocycles. The SMILES string of the molecule is CCC(CC)(CC)NC(=O)c1cccnc1F. The van der Waals surface area contributed by atoms with Crippen LogP contribution in [0.15, 0.2) is 18.3 Å². The summed E-state index contributed by atoms with van der Waals surface area (Å²) in [4.78, 5) is 15.4. The standard InChI is InChI=1S/C13H19FN2O/c1-4-13(5-2,6-3)16-12(17)10-8-7-9-15-11(10)14/h7-9H,4-6H2,1-3H3,(H,16,17).